The maximum absolute atomic E-state index is 11.8. The van der Waals surface area contributed by atoms with Crippen LogP contribution in [0.1, 0.15) is 40.0 Å². The lowest BCUT2D eigenvalue weighted by Crippen LogP contribution is -2.53. The fourth-order valence-electron chi connectivity index (χ4n) is 4.04. The number of benzene rings is 1. The summed E-state index contributed by atoms with van der Waals surface area (Å²) in [7, 11) is 1.61. The zero-order valence-electron chi connectivity index (χ0n) is 20.0. The van der Waals surface area contributed by atoms with E-state index in [-0.39, 0.29) is 24.2 Å². The van der Waals surface area contributed by atoms with Crippen molar-refractivity contribution in [1.82, 2.24) is 15.0 Å². The third kappa shape index (κ3) is 6.77. The van der Waals surface area contributed by atoms with Gasteiger partial charge in [0.25, 0.3) is 0 Å². The van der Waals surface area contributed by atoms with E-state index in [9.17, 15) is 9.59 Å². The van der Waals surface area contributed by atoms with E-state index in [1.54, 1.807) is 11.8 Å². The van der Waals surface area contributed by atoms with Crippen molar-refractivity contribution in [3.8, 4) is 17.0 Å². The third-order valence-corrected chi connectivity index (χ3v) is 6.09. The summed E-state index contributed by atoms with van der Waals surface area (Å²) in [5.74, 6) is -0.511. The summed E-state index contributed by atoms with van der Waals surface area (Å²) in [6.45, 7) is 6.11. The Morgan fingerprint density at radius 2 is 2.00 bits per heavy atom. The number of rotatable bonds is 11. The predicted molar refractivity (Wildman–Crippen MR) is 122 cm³/mol. The normalized spacial score (nSPS) is 24.5. The predicted octanol–water partition coefficient (Wildman–Crippen LogP) is 3.15. The lowest BCUT2D eigenvalue weighted by atomic mass is 9.84. The Morgan fingerprint density at radius 3 is 2.71 bits per heavy atom. The molecule has 1 fully saturated rings. The van der Waals surface area contributed by atoms with E-state index in [0.717, 1.165) is 11.3 Å². The number of unbranched alkanes of at least 4 members (excludes halogenated alkanes) is 1. The van der Waals surface area contributed by atoms with E-state index < -0.39 is 24.5 Å². The summed E-state index contributed by atoms with van der Waals surface area (Å²) in [5.41, 5.74) is 1.56. The number of hydrogen-bond donors (Lipinski definition) is 1. The van der Waals surface area contributed by atoms with Crippen molar-refractivity contribution in [2.45, 2.75) is 65.1 Å². The van der Waals surface area contributed by atoms with Gasteiger partial charge >= 0.3 is 11.9 Å². The smallest absolute Gasteiger partial charge is 0.303 e. The SMILES string of the molecule is COc1cccc(-c2cn(CC3O[C@H](OCCCCC(=O)O)C(C)[C@@H](C)[C@H]3OC(C)=O)nn2)c1. The minimum atomic E-state index is -0.818. The molecule has 0 aliphatic carbocycles. The molecule has 1 saturated heterocycles. The van der Waals surface area contributed by atoms with Crippen molar-refractivity contribution in [2.24, 2.45) is 11.8 Å². The molecule has 0 bridgehead atoms. The molecular weight excluding hydrogens is 442 g/mol. The fourth-order valence-corrected chi connectivity index (χ4v) is 4.04. The first-order valence-corrected chi connectivity index (χ1v) is 11.5. The molecule has 3 rings (SSSR count). The average Bonchev–Trinajstić information content (AvgIpc) is 3.27. The van der Waals surface area contributed by atoms with Gasteiger partial charge in [0, 0.05) is 37.4 Å². The van der Waals surface area contributed by atoms with Gasteiger partial charge in [-0.1, -0.05) is 31.2 Å². The van der Waals surface area contributed by atoms with Crippen molar-refractivity contribution < 1.29 is 33.6 Å². The summed E-state index contributed by atoms with van der Waals surface area (Å²) in [5, 5.41) is 17.3. The van der Waals surface area contributed by atoms with Gasteiger partial charge in [-0.15, -0.1) is 5.10 Å². The van der Waals surface area contributed by atoms with Crippen LogP contribution in [-0.2, 0) is 30.3 Å². The number of ether oxygens (including phenoxy) is 4. The topological polar surface area (TPSA) is 122 Å². The van der Waals surface area contributed by atoms with Gasteiger partial charge in [0.1, 0.15) is 23.7 Å². The van der Waals surface area contributed by atoms with Gasteiger partial charge in [0.15, 0.2) is 6.29 Å². The molecule has 1 N–H and O–H groups in total. The first kappa shape index (κ1) is 25.6. The highest BCUT2D eigenvalue weighted by molar-refractivity contribution is 5.66. The molecule has 5 atom stereocenters. The van der Waals surface area contributed by atoms with Crippen LogP contribution in [0.15, 0.2) is 30.5 Å². The Morgan fingerprint density at radius 1 is 1.21 bits per heavy atom. The maximum atomic E-state index is 11.8. The van der Waals surface area contributed by atoms with Crippen LogP contribution in [0.3, 0.4) is 0 Å². The van der Waals surface area contributed by atoms with Crippen LogP contribution in [0.2, 0.25) is 0 Å². The molecule has 1 aromatic heterocycles. The van der Waals surface area contributed by atoms with Crippen LogP contribution in [0, 0.1) is 11.8 Å². The lowest BCUT2D eigenvalue weighted by Gasteiger charge is -2.43. The van der Waals surface area contributed by atoms with Gasteiger partial charge in [-0.05, 0) is 25.0 Å². The van der Waals surface area contributed by atoms with Crippen molar-refractivity contribution in [3.63, 3.8) is 0 Å². The Labute approximate surface area is 199 Å². The first-order chi connectivity index (χ1) is 16.3. The van der Waals surface area contributed by atoms with Crippen LogP contribution in [-0.4, -0.2) is 64.3 Å². The molecule has 186 valence electrons. The molecule has 10 nitrogen and oxygen atoms in total. The summed E-state index contributed by atoms with van der Waals surface area (Å²) in [6.07, 6.45) is 1.63. The summed E-state index contributed by atoms with van der Waals surface area (Å²) < 4.78 is 24.8. The fraction of sp³-hybridized carbons (Fsp3) is 0.583. The Bertz CT molecular complexity index is 964. The number of methoxy groups -OCH3 is 1. The van der Waals surface area contributed by atoms with Crippen LogP contribution < -0.4 is 4.74 Å². The third-order valence-electron chi connectivity index (χ3n) is 6.09. The Balaban J connectivity index is 1.70. The molecule has 1 aliphatic rings. The van der Waals surface area contributed by atoms with Crippen molar-refractivity contribution >= 4 is 11.9 Å². The molecule has 34 heavy (non-hydrogen) atoms. The number of hydrogen-bond acceptors (Lipinski definition) is 8. The Hall–Kier alpha value is -2.98. The number of carboxylic acids is 1. The minimum Gasteiger partial charge on any atom is -0.497 e. The van der Waals surface area contributed by atoms with Gasteiger partial charge < -0.3 is 24.1 Å². The molecule has 2 unspecified atom stereocenters. The Kier molecular flexibility index (Phi) is 9.00. The number of nitrogens with zero attached hydrogens (tertiary/aromatic N) is 3. The first-order valence-electron chi connectivity index (χ1n) is 11.5. The van der Waals surface area contributed by atoms with Crippen LogP contribution >= 0.6 is 0 Å². The van der Waals surface area contributed by atoms with E-state index in [4.69, 9.17) is 24.1 Å². The van der Waals surface area contributed by atoms with E-state index in [0.29, 0.717) is 31.7 Å². The van der Waals surface area contributed by atoms with Crippen LogP contribution in [0.4, 0.5) is 0 Å². The van der Waals surface area contributed by atoms with Gasteiger partial charge in [-0.2, -0.15) is 0 Å². The number of carbonyl (C=O) groups is 2. The van der Waals surface area contributed by atoms with E-state index in [2.05, 4.69) is 10.3 Å². The molecule has 0 saturated carbocycles. The van der Waals surface area contributed by atoms with Gasteiger partial charge in [0.05, 0.1) is 19.9 Å². The highest BCUT2D eigenvalue weighted by Gasteiger charge is 2.44. The minimum absolute atomic E-state index is 0.0203. The summed E-state index contributed by atoms with van der Waals surface area (Å²) in [4.78, 5) is 22.5. The lowest BCUT2D eigenvalue weighted by molar-refractivity contribution is -0.269. The monoisotopic (exact) mass is 475 g/mol. The number of carboxylic acid groups (broad SMARTS) is 1. The largest absolute Gasteiger partial charge is 0.497 e. The average molecular weight is 476 g/mol. The molecule has 0 spiro atoms. The highest BCUT2D eigenvalue weighted by Crippen LogP contribution is 2.34. The molecule has 10 heteroatoms. The molecule has 2 heterocycles. The van der Waals surface area contributed by atoms with Crippen molar-refractivity contribution in [1.29, 1.82) is 0 Å². The van der Waals surface area contributed by atoms with Gasteiger partial charge in [0.2, 0.25) is 0 Å². The van der Waals surface area contributed by atoms with Crippen LogP contribution in [0.5, 0.6) is 5.75 Å². The molecular formula is C24H33N3O7. The van der Waals surface area contributed by atoms with E-state index >= 15 is 0 Å². The molecule has 2 aromatic rings. The number of aromatic nitrogens is 3. The van der Waals surface area contributed by atoms with Crippen molar-refractivity contribution in [2.75, 3.05) is 13.7 Å². The quantitative estimate of drug-likeness (QED) is 0.386. The molecule has 1 aliphatic heterocycles. The van der Waals surface area contributed by atoms with Gasteiger partial charge in [-0.25, -0.2) is 4.68 Å². The molecule has 1 aromatic carbocycles. The van der Waals surface area contributed by atoms with Crippen LogP contribution in [0.25, 0.3) is 11.3 Å². The zero-order chi connectivity index (χ0) is 24.7. The van der Waals surface area contributed by atoms with E-state index in [1.165, 1.54) is 6.92 Å². The molecule has 0 radical (unpaired) electrons. The molecule has 0 amide bonds. The van der Waals surface area contributed by atoms with Crippen molar-refractivity contribution in [3.05, 3.63) is 30.5 Å². The zero-order valence-corrected chi connectivity index (χ0v) is 20.0. The summed E-state index contributed by atoms with van der Waals surface area (Å²) in [6, 6.07) is 7.55. The second-order valence-electron chi connectivity index (χ2n) is 8.61. The number of carbonyl (C=O) groups excluding carboxylic acids is 1. The number of esters is 1. The van der Waals surface area contributed by atoms with Gasteiger partial charge in [-0.3, -0.25) is 9.59 Å². The standard InChI is InChI=1S/C24H33N3O7/c1-15-16(2)24(32-11-6-5-10-22(29)30)34-21(23(15)33-17(3)28)14-27-13-20(25-26-27)18-8-7-9-19(12-18)31-4/h7-9,12-13,15-16,21,23-24H,5-6,10-11,14H2,1-4H3,(H,29,30)/t15-,16?,21?,23-,24+/m1/s1. The second-order valence-corrected chi connectivity index (χ2v) is 8.61. The highest BCUT2D eigenvalue weighted by atomic mass is 16.7. The van der Waals surface area contributed by atoms with E-state index in [1.807, 2.05) is 44.3 Å². The summed E-state index contributed by atoms with van der Waals surface area (Å²) >= 11 is 0. The maximum Gasteiger partial charge on any atom is 0.303 e. The number of aliphatic carboxylic acids is 1. The second kappa shape index (κ2) is 11.9.